The van der Waals surface area contributed by atoms with Crippen molar-refractivity contribution >= 4 is 0 Å². The molecular formula is C9H19N3. The van der Waals surface area contributed by atoms with Gasteiger partial charge in [-0.2, -0.15) is 0 Å². The molecule has 2 fully saturated rings. The maximum atomic E-state index is 5.86. The molecule has 1 atom stereocenters. The summed E-state index contributed by atoms with van der Waals surface area (Å²) in [6.07, 6.45) is 5.32. The zero-order valence-electron chi connectivity index (χ0n) is 7.71. The maximum Gasteiger partial charge on any atom is 0.0285 e. The molecule has 0 amide bonds. The number of nitrogens with zero attached hydrogens (tertiary/aromatic N) is 2. The lowest BCUT2D eigenvalue weighted by Crippen LogP contribution is -2.45. The topological polar surface area (TPSA) is 32.5 Å². The van der Waals surface area contributed by atoms with Gasteiger partial charge in [-0.1, -0.05) is 6.42 Å². The van der Waals surface area contributed by atoms with Crippen LogP contribution < -0.4 is 5.73 Å². The van der Waals surface area contributed by atoms with Gasteiger partial charge >= 0.3 is 0 Å². The molecule has 0 aromatic rings. The first-order valence-electron chi connectivity index (χ1n) is 5.11. The lowest BCUT2D eigenvalue weighted by molar-refractivity contribution is -0.0197. The first kappa shape index (κ1) is 8.48. The lowest BCUT2D eigenvalue weighted by Gasteiger charge is -2.34. The highest BCUT2D eigenvalue weighted by molar-refractivity contribution is 4.77. The van der Waals surface area contributed by atoms with Crippen LogP contribution in [0, 0.1) is 0 Å². The molecule has 0 saturated carbocycles. The number of rotatable bonds is 1. The summed E-state index contributed by atoms with van der Waals surface area (Å²) in [5.41, 5.74) is 5.86. The highest BCUT2D eigenvalue weighted by Gasteiger charge is 2.24. The minimum atomic E-state index is 0.423. The Kier molecular flexibility index (Phi) is 2.63. The highest BCUT2D eigenvalue weighted by atomic mass is 15.6. The van der Waals surface area contributed by atoms with Crippen molar-refractivity contribution in [2.24, 2.45) is 5.73 Å². The van der Waals surface area contributed by atoms with Crippen molar-refractivity contribution < 1.29 is 0 Å². The number of hydrogen-bond acceptors (Lipinski definition) is 3. The zero-order valence-corrected chi connectivity index (χ0v) is 7.71. The summed E-state index contributed by atoms with van der Waals surface area (Å²) >= 11 is 0. The van der Waals surface area contributed by atoms with Crippen molar-refractivity contribution in [2.45, 2.75) is 31.7 Å². The van der Waals surface area contributed by atoms with Gasteiger partial charge in [0.2, 0.25) is 0 Å². The van der Waals surface area contributed by atoms with Crippen molar-refractivity contribution in [3.05, 3.63) is 0 Å². The standard InChI is InChI=1S/C9H19N3/c10-9-4-7-12(8-9)11-5-2-1-3-6-11/h9H,1-8,10H2. The van der Waals surface area contributed by atoms with Crippen molar-refractivity contribution in [1.82, 2.24) is 10.0 Å². The molecule has 2 aliphatic heterocycles. The molecule has 2 saturated heterocycles. The van der Waals surface area contributed by atoms with E-state index in [0.717, 1.165) is 6.54 Å². The van der Waals surface area contributed by atoms with Gasteiger partial charge in [-0.25, -0.2) is 10.0 Å². The molecular weight excluding hydrogens is 150 g/mol. The average Bonchev–Trinajstić information content (AvgIpc) is 2.54. The molecule has 1 unspecified atom stereocenters. The fourth-order valence-electron chi connectivity index (χ4n) is 2.19. The first-order valence-corrected chi connectivity index (χ1v) is 5.11. The molecule has 2 aliphatic rings. The predicted molar refractivity (Wildman–Crippen MR) is 49.6 cm³/mol. The van der Waals surface area contributed by atoms with Crippen LogP contribution in [-0.4, -0.2) is 42.2 Å². The molecule has 2 heterocycles. The molecule has 3 heteroatoms. The van der Waals surface area contributed by atoms with Gasteiger partial charge in [-0.3, -0.25) is 0 Å². The molecule has 12 heavy (non-hydrogen) atoms. The van der Waals surface area contributed by atoms with Crippen LogP contribution in [0.3, 0.4) is 0 Å². The number of hydrazine groups is 1. The van der Waals surface area contributed by atoms with Crippen LogP contribution in [0.4, 0.5) is 0 Å². The summed E-state index contributed by atoms with van der Waals surface area (Å²) in [5.74, 6) is 0. The Balaban J connectivity index is 1.83. The van der Waals surface area contributed by atoms with E-state index in [1.807, 2.05) is 0 Å². The zero-order chi connectivity index (χ0) is 8.39. The summed E-state index contributed by atoms with van der Waals surface area (Å²) < 4.78 is 0. The molecule has 2 N–H and O–H groups in total. The highest BCUT2D eigenvalue weighted by Crippen LogP contribution is 2.16. The molecule has 0 spiro atoms. The summed E-state index contributed by atoms with van der Waals surface area (Å²) in [6.45, 7) is 4.78. The summed E-state index contributed by atoms with van der Waals surface area (Å²) in [6, 6.07) is 0.423. The van der Waals surface area contributed by atoms with E-state index < -0.39 is 0 Å². The average molecular weight is 169 g/mol. The summed E-state index contributed by atoms with van der Waals surface area (Å²) in [7, 11) is 0. The van der Waals surface area contributed by atoms with Gasteiger partial charge in [0, 0.05) is 32.2 Å². The third-order valence-electron chi connectivity index (χ3n) is 2.94. The number of piperidine rings is 1. The van der Waals surface area contributed by atoms with E-state index in [9.17, 15) is 0 Å². The van der Waals surface area contributed by atoms with E-state index >= 15 is 0 Å². The fraction of sp³-hybridized carbons (Fsp3) is 1.00. The second-order valence-electron chi connectivity index (χ2n) is 3.98. The Hall–Kier alpha value is -0.120. The largest absolute Gasteiger partial charge is 0.326 e. The van der Waals surface area contributed by atoms with E-state index in [2.05, 4.69) is 10.0 Å². The van der Waals surface area contributed by atoms with Gasteiger partial charge < -0.3 is 5.73 Å². The van der Waals surface area contributed by atoms with Crippen molar-refractivity contribution in [1.29, 1.82) is 0 Å². The van der Waals surface area contributed by atoms with Gasteiger partial charge in [-0.15, -0.1) is 0 Å². The van der Waals surface area contributed by atoms with Gasteiger partial charge in [-0.05, 0) is 19.3 Å². The molecule has 70 valence electrons. The number of hydrogen-bond donors (Lipinski definition) is 1. The van der Waals surface area contributed by atoms with E-state index in [1.54, 1.807) is 0 Å². The van der Waals surface area contributed by atoms with Crippen LogP contribution in [0.1, 0.15) is 25.7 Å². The third kappa shape index (κ3) is 1.79. The SMILES string of the molecule is NC1CCN(N2CCCCC2)C1. The Bertz CT molecular complexity index is 140. The molecule has 2 rings (SSSR count). The van der Waals surface area contributed by atoms with Gasteiger partial charge in [0.25, 0.3) is 0 Å². The maximum absolute atomic E-state index is 5.86. The molecule has 0 bridgehead atoms. The van der Waals surface area contributed by atoms with E-state index in [1.165, 1.54) is 45.3 Å². The first-order chi connectivity index (χ1) is 5.86. The minimum Gasteiger partial charge on any atom is -0.326 e. The quantitative estimate of drug-likeness (QED) is 0.617. The molecule has 0 aliphatic carbocycles. The van der Waals surface area contributed by atoms with Crippen molar-refractivity contribution in [3.63, 3.8) is 0 Å². The molecule has 0 aromatic carbocycles. The molecule has 0 aromatic heterocycles. The van der Waals surface area contributed by atoms with Gasteiger partial charge in [0.15, 0.2) is 0 Å². The second kappa shape index (κ2) is 3.73. The minimum absolute atomic E-state index is 0.423. The third-order valence-corrected chi connectivity index (χ3v) is 2.94. The Morgan fingerprint density at radius 3 is 2.25 bits per heavy atom. The van der Waals surface area contributed by atoms with Crippen molar-refractivity contribution in [2.75, 3.05) is 26.2 Å². The fourth-order valence-corrected chi connectivity index (χ4v) is 2.19. The summed E-state index contributed by atoms with van der Waals surface area (Å²) in [4.78, 5) is 0. The Morgan fingerprint density at radius 1 is 0.917 bits per heavy atom. The predicted octanol–water partition coefficient (Wildman–Crippen LogP) is 0.420. The number of nitrogens with two attached hydrogens (primary N) is 1. The Morgan fingerprint density at radius 2 is 1.67 bits per heavy atom. The van der Waals surface area contributed by atoms with Gasteiger partial charge in [0.05, 0.1) is 0 Å². The molecule has 3 nitrogen and oxygen atoms in total. The van der Waals surface area contributed by atoms with Crippen LogP contribution in [0.25, 0.3) is 0 Å². The van der Waals surface area contributed by atoms with E-state index in [0.29, 0.717) is 6.04 Å². The monoisotopic (exact) mass is 169 g/mol. The van der Waals surface area contributed by atoms with Crippen molar-refractivity contribution in [3.8, 4) is 0 Å². The van der Waals surface area contributed by atoms with Crippen LogP contribution in [0.2, 0.25) is 0 Å². The van der Waals surface area contributed by atoms with Crippen LogP contribution in [0.15, 0.2) is 0 Å². The van der Waals surface area contributed by atoms with E-state index in [-0.39, 0.29) is 0 Å². The summed E-state index contributed by atoms with van der Waals surface area (Å²) in [5, 5.41) is 4.94. The normalized spacial score (nSPS) is 34.2. The second-order valence-corrected chi connectivity index (χ2v) is 3.98. The van der Waals surface area contributed by atoms with E-state index in [4.69, 9.17) is 5.73 Å². The molecule has 0 radical (unpaired) electrons. The Labute approximate surface area is 74.5 Å². The van der Waals surface area contributed by atoms with Crippen LogP contribution in [0.5, 0.6) is 0 Å². The van der Waals surface area contributed by atoms with Gasteiger partial charge in [0.1, 0.15) is 0 Å². The smallest absolute Gasteiger partial charge is 0.0285 e. The van der Waals surface area contributed by atoms with Crippen LogP contribution >= 0.6 is 0 Å². The lowest BCUT2D eigenvalue weighted by atomic mass is 10.2. The van der Waals surface area contributed by atoms with Crippen LogP contribution in [-0.2, 0) is 0 Å².